The van der Waals surface area contributed by atoms with E-state index in [4.69, 9.17) is 0 Å². The third-order valence-corrected chi connectivity index (χ3v) is 4.92. The zero-order valence-electron chi connectivity index (χ0n) is 15.2. The molecule has 0 aliphatic heterocycles. The zero-order chi connectivity index (χ0) is 18.7. The molecule has 4 heteroatoms. The number of carbonyl (C=O) groups is 2. The van der Waals surface area contributed by atoms with Crippen LogP contribution < -0.4 is 5.32 Å². The molecule has 1 atom stereocenters. The molecule has 0 spiro atoms. The zero-order valence-corrected chi connectivity index (χ0v) is 15.2. The van der Waals surface area contributed by atoms with E-state index in [1.807, 2.05) is 50.2 Å². The highest BCUT2D eigenvalue weighted by molar-refractivity contribution is 5.97. The monoisotopic (exact) mass is 351 g/mol. The normalized spacial score (nSPS) is 14.1. The van der Waals surface area contributed by atoms with E-state index in [2.05, 4.69) is 17.4 Å². The van der Waals surface area contributed by atoms with Crippen LogP contribution in [0.4, 0.5) is 0 Å². The Balaban J connectivity index is 1.71. The van der Waals surface area contributed by atoms with E-state index >= 15 is 0 Å². The van der Waals surface area contributed by atoms with Crippen LogP contribution in [-0.2, 0) is 9.59 Å². The maximum atomic E-state index is 13.0. The smallest absolute Gasteiger partial charge is 0.320 e. The third kappa shape index (κ3) is 3.70. The molecule has 0 radical (unpaired) electrons. The van der Waals surface area contributed by atoms with Crippen LogP contribution in [-0.4, -0.2) is 29.4 Å². The highest BCUT2D eigenvalue weighted by Gasteiger charge is 2.32. The van der Waals surface area contributed by atoms with Gasteiger partial charge in [0.25, 0.3) is 0 Å². The van der Waals surface area contributed by atoms with Gasteiger partial charge in [-0.05, 0) is 34.6 Å². The molecule has 136 valence electrons. The maximum absolute atomic E-state index is 13.0. The number of carbonyl (C=O) groups excluding carboxylic acids is 1. The SMILES string of the molecule is CC(C)C[C@H](NCCC(=O)C1c2ccccc2-c2ccccc21)C(=O)O. The fraction of sp³-hybridized carbons (Fsp3) is 0.364. The average Bonchev–Trinajstić information content (AvgIpc) is 2.95. The summed E-state index contributed by atoms with van der Waals surface area (Å²) in [5, 5.41) is 12.3. The summed E-state index contributed by atoms with van der Waals surface area (Å²) in [5.74, 6) is -0.697. The predicted octanol–water partition coefficient (Wildman–Crippen LogP) is 3.85. The Hall–Kier alpha value is -2.46. The van der Waals surface area contributed by atoms with E-state index in [0.29, 0.717) is 19.4 Å². The van der Waals surface area contributed by atoms with Crippen LogP contribution in [0.15, 0.2) is 48.5 Å². The Morgan fingerprint density at radius 3 is 2.04 bits per heavy atom. The van der Waals surface area contributed by atoms with Gasteiger partial charge in [0.1, 0.15) is 11.8 Å². The molecule has 0 heterocycles. The number of Topliss-reactive ketones (excluding diaryl/α,β-unsaturated/α-hetero) is 1. The topological polar surface area (TPSA) is 66.4 Å². The summed E-state index contributed by atoms with van der Waals surface area (Å²) in [4.78, 5) is 24.3. The van der Waals surface area contributed by atoms with Gasteiger partial charge in [-0.3, -0.25) is 9.59 Å². The summed E-state index contributed by atoms with van der Waals surface area (Å²) in [7, 11) is 0. The van der Waals surface area contributed by atoms with Gasteiger partial charge in [0.15, 0.2) is 0 Å². The second-order valence-corrected chi connectivity index (χ2v) is 7.30. The van der Waals surface area contributed by atoms with E-state index in [1.54, 1.807) is 0 Å². The standard InChI is InChI=1S/C22H25NO3/c1-14(2)13-19(22(25)26)23-12-11-20(24)21-17-9-5-3-7-15(17)16-8-4-6-10-18(16)21/h3-10,14,19,21,23H,11-13H2,1-2H3,(H,25,26)/t19-/m0/s1. The van der Waals surface area contributed by atoms with Gasteiger partial charge in [-0.1, -0.05) is 62.4 Å². The van der Waals surface area contributed by atoms with Crippen LogP contribution >= 0.6 is 0 Å². The van der Waals surface area contributed by atoms with Crippen molar-refractivity contribution in [3.8, 4) is 11.1 Å². The van der Waals surface area contributed by atoms with Crippen molar-refractivity contribution >= 4 is 11.8 Å². The van der Waals surface area contributed by atoms with Crippen LogP contribution in [0.3, 0.4) is 0 Å². The van der Waals surface area contributed by atoms with Crippen molar-refractivity contribution in [1.29, 1.82) is 0 Å². The van der Waals surface area contributed by atoms with Gasteiger partial charge < -0.3 is 10.4 Å². The number of carboxylic acids is 1. The number of hydrogen-bond acceptors (Lipinski definition) is 3. The number of hydrogen-bond donors (Lipinski definition) is 2. The Morgan fingerprint density at radius 1 is 1.00 bits per heavy atom. The van der Waals surface area contributed by atoms with Gasteiger partial charge in [0.05, 0.1) is 5.92 Å². The number of ketones is 1. The summed E-state index contributed by atoms with van der Waals surface area (Å²) in [6, 6.07) is 15.5. The fourth-order valence-electron chi connectivity index (χ4n) is 3.76. The molecule has 1 aliphatic carbocycles. The maximum Gasteiger partial charge on any atom is 0.320 e. The van der Waals surface area contributed by atoms with Gasteiger partial charge in [0, 0.05) is 13.0 Å². The molecule has 2 aromatic rings. The molecule has 0 amide bonds. The first kappa shape index (κ1) is 18.3. The first-order valence-electron chi connectivity index (χ1n) is 9.16. The van der Waals surface area contributed by atoms with Crippen LogP contribution in [0.2, 0.25) is 0 Å². The number of nitrogens with one attached hydrogen (secondary N) is 1. The predicted molar refractivity (Wildman–Crippen MR) is 102 cm³/mol. The molecule has 3 rings (SSSR count). The number of fused-ring (bicyclic) bond motifs is 3. The number of benzene rings is 2. The minimum absolute atomic E-state index is 0.128. The molecule has 2 aromatic carbocycles. The molecule has 26 heavy (non-hydrogen) atoms. The average molecular weight is 351 g/mol. The van der Waals surface area contributed by atoms with Crippen molar-refractivity contribution < 1.29 is 14.7 Å². The Labute approximate surface area is 154 Å². The van der Waals surface area contributed by atoms with Gasteiger partial charge in [-0.2, -0.15) is 0 Å². The molecular formula is C22H25NO3. The molecule has 0 saturated heterocycles. The van der Waals surface area contributed by atoms with Crippen molar-refractivity contribution in [2.75, 3.05) is 6.54 Å². The van der Waals surface area contributed by atoms with Crippen molar-refractivity contribution in [2.24, 2.45) is 5.92 Å². The van der Waals surface area contributed by atoms with Crippen molar-refractivity contribution in [2.45, 2.75) is 38.6 Å². The molecule has 1 aliphatic rings. The van der Waals surface area contributed by atoms with Crippen molar-refractivity contribution in [3.63, 3.8) is 0 Å². The Morgan fingerprint density at radius 2 is 1.54 bits per heavy atom. The van der Waals surface area contributed by atoms with Crippen LogP contribution in [0.25, 0.3) is 11.1 Å². The first-order valence-corrected chi connectivity index (χ1v) is 9.16. The van der Waals surface area contributed by atoms with E-state index in [9.17, 15) is 14.7 Å². The quantitative estimate of drug-likeness (QED) is 0.758. The fourth-order valence-corrected chi connectivity index (χ4v) is 3.76. The lowest BCUT2D eigenvalue weighted by atomic mass is 9.91. The van der Waals surface area contributed by atoms with Crippen LogP contribution in [0.1, 0.15) is 43.7 Å². The minimum atomic E-state index is -0.859. The van der Waals surface area contributed by atoms with Gasteiger partial charge in [-0.25, -0.2) is 0 Å². The second-order valence-electron chi connectivity index (χ2n) is 7.30. The van der Waals surface area contributed by atoms with E-state index < -0.39 is 12.0 Å². The molecule has 0 saturated carbocycles. The summed E-state index contributed by atoms with van der Waals surface area (Å²) in [6.07, 6.45) is 0.869. The molecule has 0 fully saturated rings. The first-order chi connectivity index (χ1) is 12.5. The minimum Gasteiger partial charge on any atom is -0.480 e. The van der Waals surface area contributed by atoms with Crippen LogP contribution in [0, 0.1) is 5.92 Å². The Bertz CT molecular complexity index is 767. The number of aliphatic carboxylic acids is 1. The summed E-state index contributed by atoms with van der Waals surface area (Å²) in [6.45, 7) is 4.37. The molecule has 4 nitrogen and oxygen atoms in total. The van der Waals surface area contributed by atoms with Gasteiger partial charge in [-0.15, -0.1) is 0 Å². The lowest BCUT2D eigenvalue weighted by Crippen LogP contribution is -2.39. The Kier molecular flexibility index (Phi) is 5.52. The molecular weight excluding hydrogens is 326 g/mol. The van der Waals surface area contributed by atoms with E-state index in [1.165, 1.54) is 0 Å². The molecule has 0 unspecified atom stereocenters. The molecule has 0 bridgehead atoms. The number of carboxylic acid groups (broad SMARTS) is 1. The highest BCUT2D eigenvalue weighted by Crippen LogP contribution is 2.45. The van der Waals surface area contributed by atoms with Crippen molar-refractivity contribution in [1.82, 2.24) is 5.32 Å². The van der Waals surface area contributed by atoms with Crippen molar-refractivity contribution in [3.05, 3.63) is 59.7 Å². The van der Waals surface area contributed by atoms with E-state index in [0.717, 1.165) is 22.3 Å². The summed E-state index contributed by atoms with van der Waals surface area (Å²) in [5.41, 5.74) is 4.35. The summed E-state index contributed by atoms with van der Waals surface area (Å²) >= 11 is 0. The third-order valence-electron chi connectivity index (χ3n) is 4.92. The van der Waals surface area contributed by atoms with Crippen LogP contribution in [0.5, 0.6) is 0 Å². The molecule has 0 aromatic heterocycles. The lowest BCUT2D eigenvalue weighted by molar-refractivity contribution is -0.140. The highest BCUT2D eigenvalue weighted by atomic mass is 16.4. The lowest BCUT2D eigenvalue weighted by Gasteiger charge is -2.17. The largest absolute Gasteiger partial charge is 0.480 e. The second kappa shape index (κ2) is 7.83. The van der Waals surface area contributed by atoms with E-state index in [-0.39, 0.29) is 17.6 Å². The number of rotatable bonds is 8. The summed E-state index contributed by atoms with van der Waals surface area (Å²) < 4.78 is 0. The van der Waals surface area contributed by atoms with Gasteiger partial charge >= 0.3 is 5.97 Å². The molecule has 2 N–H and O–H groups in total. The van der Waals surface area contributed by atoms with Gasteiger partial charge in [0.2, 0.25) is 0 Å².